The van der Waals surface area contributed by atoms with Gasteiger partial charge in [-0.05, 0) is 37.1 Å². The Morgan fingerprint density at radius 2 is 2.06 bits per heavy atom. The maximum absolute atomic E-state index is 12.8. The smallest absolute Gasteiger partial charge is 0.274 e. The van der Waals surface area contributed by atoms with E-state index in [1.807, 2.05) is 31.2 Å². The Balaban J connectivity index is 1.52. The Kier molecular flexibility index (Phi) is 6.01. The minimum Gasteiger partial charge on any atom is -0.338 e. The number of amides is 1. The van der Waals surface area contributed by atoms with E-state index in [4.69, 9.17) is 4.52 Å². The zero-order valence-electron chi connectivity index (χ0n) is 17.6. The highest BCUT2D eigenvalue weighted by atomic mass is 32.2. The lowest BCUT2D eigenvalue weighted by molar-refractivity contribution is 0.102. The zero-order valence-corrected chi connectivity index (χ0v) is 18.4. The van der Waals surface area contributed by atoms with Gasteiger partial charge in [-0.1, -0.05) is 30.3 Å². The Morgan fingerprint density at radius 1 is 1.22 bits per heavy atom. The minimum atomic E-state index is -3.38. The third-order valence-corrected chi connectivity index (χ3v) is 6.31. The van der Waals surface area contributed by atoms with Gasteiger partial charge in [0, 0.05) is 17.4 Å². The topological polar surface area (TPSA) is 131 Å². The highest BCUT2D eigenvalue weighted by Crippen LogP contribution is 2.24. The number of sulfonamides is 1. The second kappa shape index (κ2) is 8.89. The van der Waals surface area contributed by atoms with E-state index in [0.717, 1.165) is 5.56 Å². The van der Waals surface area contributed by atoms with Crippen LogP contribution in [0.3, 0.4) is 0 Å². The molecular formula is C21H22N6O4S. The number of rotatable bonds is 8. The monoisotopic (exact) mass is 454 g/mol. The van der Waals surface area contributed by atoms with Crippen molar-refractivity contribution in [3.63, 3.8) is 0 Å². The van der Waals surface area contributed by atoms with E-state index >= 15 is 0 Å². The summed E-state index contributed by atoms with van der Waals surface area (Å²) in [4.78, 5) is 21.3. The van der Waals surface area contributed by atoms with Crippen LogP contribution >= 0.6 is 0 Å². The zero-order chi connectivity index (χ0) is 22.7. The van der Waals surface area contributed by atoms with Gasteiger partial charge >= 0.3 is 0 Å². The van der Waals surface area contributed by atoms with Crippen LogP contribution in [0.1, 0.15) is 35.3 Å². The summed E-state index contributed by atoms with van der Waals surface area (Å²) in [5.41, 5.74) is 3.15. The number of anilines is 1. The summed E-state index contributed by atoms with van der Waals surface area (Å²) in [5.74, 6) is 0.168. The molecule has 3 aromatic heterocycles. The number of hydrogen-bond donors (Lipinski definition) is 2. The molecule has 0 spiro atoms. The van der Waals surface area contributed by atoms with E-state index in [-0.39, 0.29) is 24.1 Å². The molecule has 0 atom stereocenters. The first kappa shape index (κ1) is 21.7. The fraction of sp³-hybridized carbons (Fsp3) is 0.238. The molecule has 10 nitrogen and oxygen atoms in total. The van der Waals surface area contributed by atoms with Crippen LogP contribution in [0.15, 0.2) is 53.3 Å². The van der Waals surface area contributed by atoms with E-state index in [9.17, 15) is 13.2 Å². The number of imidazole rings is 1. The van der Waals surface area contributed by atoms with Crippen LogP contribution in [0.25, 0.3) is 17.0 Å². The van der Waals surface area contributed by atoms with Crippen molar-refractivity contribution in [3.8, 4) is 11.4 Å². The number of fused-ring (bicyclic) bond motifs is 1. The number of nitrogens with one attached hydrogen (secondary N) is 2. The lowest BCUT2D eigenvalue weighted by Gasteiger charge is -2.09. The van der Waals surface area contributed by atoms with Gasteiger partial charge in [0.2, 0.25) is 21.7 Å². The molecule has 2 N–H and O–H groups in total. The van der Waals surface area contributed by atoms with Crippen molar-refractivity contribution in [2.45, 2.75) is 26.8 Å². The van der Waals surface area contributed by atoms with Crippen molar-refractivity contribution < 1.29 is 17.7 Å². The van der Waals surface area contributed by atoms with Gasteiger partial charge in [0.15, 0.2) is 0 Å². The van der Waals surface area contributed by atoms with E-state index < -0.39 is 10.0 Å². The standard InChI is InChI=1S/C21H22N6O4S/c1-3-10-32(29,30)23-13-19-25-20(26-31-19)15-8-7-14(2)16(11-15)24-21(28)17-12-22-18-6-4-5-9-27(17)18/h4-9,11-12,23H,3,10,13H2,1-2H3,(H,24,28). The summed E-state index contributed by atoms with van der Waals surface area (Å²) in [6.07, 6.45) is 3.81. The average Bonchev–Trinajstić information content (AvgIpc) is 3.41. The number of hydrogen-bond acceptors (Lipinski definition) is 7. The summed E-state index contributed by atoms with van der Waals surface area (Å²) in [6, 6.07) is 10.9. The van der Waals surface area contributed by atoms with Crippen molar-refractivity contribution in [3.05, 3.63) is 65.9 Å². The van der Waals surface area contributed by atoms with Gasteiger partial charge in [0.1, 0.15) is 11.3 Å². The fourth-order valence-electron chi connectivity index (χ4n) is 3.14. The van der Waals surface area contributed by atoms with Gasteiger partial charge in [0.05, 0.1) is 18.5 Å². The van der Waals surface area contributed by atoms with E-state index in [0.29, 0.717) is 34.8 Å². The van der Waals surface area contributed by atoms with E-state index in [1.165, 1.54) is 6.20 Å². The molecule has 32 heavy (non-hydrogen) atoms. The molecule has 0 unspecified atom stereocenters. The van der Waals surface area contributed by atoms with Gasteiger partial charge in [-0.15, -0.1) is 0 Å². The highest BCUT2D eigenvalue weighted by molar-refractivity contribution is 7.89. The normalized spacial score (nSPS) is 11.7. The minimum absolute atomic E-state index is 0.0293. The first-order valence-corrected chi connectivity index (χ1v) is 11.7. The van der Waals surface area contributed by atoms with E-state index in [2.05, 4.69) is 25.2 Å². The Hall–Kier alpha value is -3.57. The second-order valence-corrected chi connectivity index (χ2v) is 9.13. The molecule has 166 valence electrons. The van der Waals surface area contributed by atoms with Gasteiger partial charge < -0.3 is 9.84 Å². The molecule has 4 rings (SSSR count). The lowest BCUT2D eigenvalue weighted by atomic mass is 10.1. The quantitative estimate of drug-likeness (QED) is 0.418. The van der Waals surface area contributed by atoms with Gasteiger partial charge in [0.25, 0.3) is 5.91 Å². The van der Waals surface area contributed by atoms with Crippen molar-refractivity contribution in [1.29, 1.82) is 0 Å². The Bertz CT molecular complexity index is 1380. The van der Waals surface area contributed by atoms with E-state index in [1.54, 1.807) is 29.7 Å². The predicted octanol–water partition coefficient (Wildman–Crippen LogP) is 2.77. The second-order valence-electron chi connectivity index (χ2n) is 7.21. The Morgan fingerprint density at radius 3 is 2.88 bits per heavy atom. The van der Waals surface area contributed by atoms with Gasteiger partial charge in [-0.3, -0.25) is 9.20 Å². The molecule has 1 aromatic carbocycles. The number of benzene rings is 1. The SMILES string of the molecule is CCCS(=O)(=O)NCc1nc(-c2ccc(C)c(NC(=O)c3cnc4ccccn34)c2)no1. The molecule has 1 amide bonds. The summed E-state index contributed by atoms with van der Waals surface area (Å²) in [7, 11) is -3.38. The number of pyridine rings is 1. The first-order valence-electron chi connectivity index (χ1n) is 10.0. The lowest BCUT2D eigenvalue weighted by Crippen LogP contribution is -2.25. The van der Waals surface area contributed by atoms with Crippen LogP contribution < -0.4 is 10.0 Å². The van der Waals surface area contributed by atoms with Crippen molar-refractivity contribution >= 4 is 27.3 Å². The summed E-state index contributed by atoms with van der Waals surface area (Å²) >= 11 is 0. The van der Waals surface area contributed by atoms with Crippen molar-refractivity contribution in [2.75, 3.05) is 11.1 Å². The third-order valence-electron chi connectivity index (χ3n) is 4.78. The summed E-state index contributed by atoms with van der Waals surface area (Å²) < 4.78 is 32.9. The van der Waals surface area contributed by atoms with Crippen LogP contribution in [-0.2, 0) is 16.6 Å². The molecule has 0 saturated carbocycles. The maximum atomic E-state index is 12.8. The van der Waals surface area contributed by atoms with Crippen LogP contribution in [0.4, 0.5) is 5.69 Å². The van der Waals surface area contributed by atoms with Crippen LogP contribution in [0.5, 0.6) is 0 Å². The molecule has 11 heteroatoms. The Labute approximate surface area is 184 Å². The molecule has 0 aliphatic rings. The first-order chi connectivity index (χ1) is 15.4. The van der Waals surface area contributed by atoms with Crippen molar-refractivity contribution in [2.24, 2.45) is 0 Å². The molecule has 0 aliphatic carbocycles. The fourth-order valence-corrected chi connectivity index (χ4v) is 4.16. The van der Waals surface area contributed by atoms with Gasteiger partial charge in [-0.25, -0.2) is 18.1 Å². The largest absolute Gasteiger partial charge is 0.338 e. The number of aryl methyl sites for hydroxylation is 1. The molecule has 3 heterocycles. The van der Waals surface area contributed by atoms with Crippen LogP contribution in [0, 0.1) is 6.92 Å². The molecule has 0 bridgehead atoms. The molecule has 4 aromatic rings. The molecule has 0 fully saturated rings. The molecule has 0 aliphatic heterocycles. The molecular weight excluding hydrogens is 432 g/mol. The number of nitrogens with zero attached hydrogens (tertiary/aromatic N) is 4. The third kappa shape index (κ3) is 4.68. The summed E-state index contributed by atoms with van der Waals surface area (Å²) in [6.45, 7) is 3.57. The summed E-state index contributed by atoms with van der Waals surface area (Å²) in [5, 5.41) is 6.83. The maximum Gasteiger partial charge on any atom is 0.274 e. The van der Waals surface area contributed by atoms with Crippen molar-refractivity contribution in [1.82, 2.24) is 24.2 Å². The molecule has 0 radical (unpaired) electrons. The number of carbonyl (C=O) groups excluding carboxylic acids is 1. The van der Waals surface area contributed by atoms with Crippen LogP contribution in [0.2, 0.25) is 0 Å². The average molecular weight is 455 g/mol. The highest BCUT2D eigenvalue weighted by Gasteiger charge is 2.16. The molecule has 0 saturated heterocycles. The van der Waals surface area contributed by atoms with Gasteiger partial charge in [-0.2, -0.15) is 4.98 Å². The number of aromatic nitrogens is 4. The number of carbonyl (C=O) groups is 1. The predicted molar refractivity (Wildman–Crippen MR) is 119 cm³/mol. The van der Waals surface area contributed by atoms with Crippen LogP contribution in [-0.4, -0.2) is 39.6 Å².